The van der Waals surface area contributed by atoms with Crippen molar-refractivity contribution in [3.8, 4) is 5.75 Å². The lowest BCUT2D eigenvalue weighted by molar-refractivity contribution is -0.124. The molecule has 2 fully saturated rings. The normalized spacial score (nSPS) is 23.3. The van der Waals surface area contributed by atoms with Crippen molar-refractivity contribution in [3.63, 3.8) is 0 Å². The molecular formula is C24H27N3O4S. The summed E-state index contributed by atoms with van der Waals surface area (Å²) in [6.07, 6.45) is 0.927. The molecule has 3 heterocycles. The second-order valence-electron chi connectivity index (χ2n) is 8.13. The van der Waals surface area contributed by atoms with Crippen LogP contribution in [-0.2, 0) is 19.2 Å². The van der Waals surface area contributed by atoms with Crippen molar-refractivity contribution in [1.82, 2.24) is 4.90 Å². The van der Waals surface area contributed by atoms with Gasteiger partial charge in [-0.15, -0.1) is 11.8 Å². The Hall–Kier alpha value is -2.55. The zero-order chi connectivity index (χ0) is 22.1. The highest BCUT2D eigenvalue weighted by molar-refractivity contribution is 8.02. The van der Waals surface area contributed by atoms with E-state index in [9.17, 15) is 9.59 Å². The summed E-state index contributed by atoms with van der Waals surface area (Å²) in [7, 11) is 0. The number of morpholine rings is 1. The lowest BCUT2D eigenvalue weighted by Crippen LogP contribution is -2.52. The molecule has 1 spiro atoms. The van der Waals surface area contributed by atoms with E-state index in [1.54, 1.807) is 4.90 Å². The van der Waals surface area contributed by atoms with Gasteiger partial charge in [0.1, 0.15) is 5.75 Å². The smallest absolute Gasteiger partial charge is 0.269 e. The van der Waals surface area contributed by atoms with Gasteiger partial charge < -0.3 is 9.47 Å². The standard InChI is InChI=1S/C24H27N3O4S/c1-2-13-31-19-9-7-18(8-10-19)27-22(28)16-32-24(27)20-5-3-4-6-21(20)26(23(24)29)17-25-11-14-30-15-12-25/h3-10H,2,11-17H2,1H3/t24-/m1/s1. The third kappa shape index (κ3) is 3.46. The number of ether oxygens (including phenoxy) is 2. The van der Waals surface area contributed by atoms with Gasteiger partial charge in [0.2, 0.25) is 10.8 Å². The van der Waals surface area contributed by atoms with Gasteiger partial charge >= 0.3 is 0 Å². The van der Waals surface area contributed by atoms with Crippen molar-refractivity contribution in [2.24, 2.45) is 0 Å². The summed E-state index contributed by atoms with van der Waals surface area (Å²) >= 11 is 1.41. The van der Waals surface area contributed by atoms with Crippen LogP contribution in [0.2, 0.25) is 0 Å². The molecule has 2 amide bonds. The number of carbonyl (C=O) groups is 2. The molecule has 8 heteroatoms. The average Bonchev–Trinajstić information content (AvgIpc) is 3.30. The highest BCUT2D eigenvalue weighted by Crippen LogP contribution is 2.55. The van der Waals surface area contributed by atoms with Crippen LogP contribution in [0.3, 0.4) is 0 Å². The van der Waals surface area contributed by atoms with Crippen LogP contribution in [0.1, 0.15) is 18.9 Å². The fraction of sp³-hybridized carbons (Fsp3) is 0.417. The Balaban J connectivity index is 1.51. The molecule has 0 unspecified atom stereocenters. The van der Waals surface area contributed by atoms with Crippen LogP contribution in [0.15, 0.2) is 48.5 Å². The molecule has 0 aromatic heterocycles. The van der Waals surface area contributed by atoms with Gasteiger partial charge in [0.25, 0.3) is 5.91 Å². The summed E-state index contributed by atoms with van der Waals surface area (Å²) in [6.45, 7) is 6.10. The molecular weight excluding hydrogens is 426 g/mol. The molecule has 0 saturated carbocycles. The number of hydrogen-bond acceptors (Lipinski definition) is 6. The van der Waals surface area contributed by atoms with Crippen molar-refractivity contribution in [1.29, 1.82) is 0 Å². The van der Waals surface area contributed by atoms with Crippen molar-refractivity contribution in [2.75, 3.05) is 55.1 Å². The van der Waals surface area contributed by atoms with Crippen LogP contribution in [0.25, 0.3) is 0 Å². The Bertz CT molecular complexity index is 1010. The number of para-hydroxylation sites is 1. The molecule has 0 aliphatic carbocycles. The maximum Gasteiger partial charge on any atom is 0.269 e. The number of benzene rings is 2. The molecule has 2 aromatic rings. The summed E-state index contributed by atoms with van der Waals surface area (Å²) in [5, 5.41) is 0. The van der Waals surface area contributed by atoms with Crippen LogP contribution < -0.4 is 14.5 Å². The van der Waals surface area contributed by atoms with E-state index in [4.69, 9.17) is 9.47 Å². The predicted octanol–water partition coefficient (Wildman–Crippen LogP) is 3.04. The number of thioether (sulfide) groups is 1. The van der Waals surface area contributed by atoms with Gasteiger partial charge in [0, 0.05) is 24.3 Å². The molecule has 2 saturated heterocycles. The highest BCUT2D eigenvalue weighted by atomic mass is 32.2. The van der Waals surface area contributed by atoms with Crippen LogP contribution in [-0.4, -0.2) is 62.0 Å². The topological polar surface area (TPSA) is 62.3 Å². The van der Waals surface area contributed by atoms with Crippen LogP contribution >= 0.6 is 11.8 Å². The number of hydrogen-bond donors (Lipinski definition) is 0. The summed E-state index contributed by atoms with van der Waals surface area (Å²) in [6, 6.07) is 15.3. The number of nitrogens with zero attached hydrogens (tertiary/aromatic N) is 3. The molecule has 32 heavy (non-hydrogen) atoms. The molecule has 168 valence electrons. The number of carbonyl (C=O) groups excluding carboxylic acids is 2. The van der Waals surface area contributed by atoms with E-state index in [0.717, 1.165) is 36.5 Å². The third-order valence-electron chi connectivity index (χ3n) is 6.08. The molecule has 5 rings (SSSR count). The van der Waals surface area contributed by atoms with Gasteiger partial charge in [-0.05, 0) is 36.8 Å². The van der Waals surface area contributed by atoms with Crippen molar-refractivity contribution >= 4 is 35.0 Å². The van der Waals surface area contributed by atoms with E-state index in [1.807, 2.05) is 53.4 Å². The first-order valence-corrected chi connectivity index (χ1v) is 12.0. The predicted molar refractivity (Wildman–Crippen MR) is 125 cm³/mol. The monoisotopic (exact) mass is 453 g/mol. The zero-order valence-electron chi connectivity index (χ0n) is 18.2. The van der Waals surface area contributed by atoms with Gasteiger partial charge in [-0.3, -0.25) is 24.3 Å². The Labute approximate surface area is 192 Å². The number of rotatable bonds is 6. The van der Waals surface area contributed by atoms with Crippen LogP contribution in [0.4, 0.5) is 11.4 Å². The molecule has 0 bridgehead atoms. The van der Waals surface area contributed by atoms with E-state index >= 15 is 0 Å². The minimum atomic E-state index is -1.08. The Morgan fingerprint density at radius 2 is 1.81 bits per heavy atom. The van der Waals surface area contributed by atoms with Gasteiger partial charge in [-0.25, -0.2) is 0 Å². The fourth-order valence-electron chi connectivity index (χ4n) is 4.55. The summed E-state index contributed by atoms with van der Waals surface area (Å²) in [5.74, 6) is 0.900. The summed E-state index contributed by atoms with van der Waals surface area (Å²) in [5.41, 5.74) is 2.46. The van der Waals surface area contributed by atoms with Gasteiger partial charge in [-0.1, -0.05) is 25.1 Å². The average molecular weight is 454 g/mol. The first-order chi connectivity index (χ1) is 15.6. The quantitative estimate of drug-likeness (QED) is 0.670. The number of amides is 2. The maximum atomic E-state index is 14.0. The molecule has 0 N–H and O–H groups in total. The summed E-state index contributed by atoms with van der Waals surface area (Å²) in [4.78, 5) is 31.8. The van der Waals surface area contributed by atoms with Gasteiger partial charge in [0.15, 0.2) is 0 Å². The first kappa shape index (κ1) is 21.3. The highest BCUT2D eigenvalue weighted by Gasteiger charge is 2.61. The van der Waals surface area contributed by atoms with Crippen molar-refractivity contribution in [3.05, 3.63) is 54.1 Å². The van der Waals surface area contributed by atoms with Crippen molar-refractivity contribution < 1.29 is 19.1 Å². The van der Waals surface area contributed by atoms with Crippen LogP contribution in [0.5, 0.6) is 5.75 Å². The Morgan fingerprint density at radius 3 is 2.56 bits per heavy atom. The van der Waals surface area contributed by atoms with Crippen molar-refractivity contribution in [2.45, 2.75) is 18.2 Å². The molecule has 1 atom stereocenters. The SMILES string of the molecule is CCCOc1ccc(N2C(=O)CS[C@]23C(=O)N(CN2CCOCC2)c2ccccc23)cc1. The van der Waals surface area contributed by atoms with E-state index in [1.165, 1.54) is 11.8 Å². The second kappa shape index (κ2) is 8.77. The van der Waals surface area contributed by atoms with Gasteiger partial charge in [0.05, 0.1) is 37.9 Å². The van der Waals surface area contributed by atoms with E-state index < -0.39 is 4.87 Å². The second-order valence-corrected chi connectivity index (χ2v) is 9.29. The fourth-order valence-corrected chi connectivity index (χ4v) is 5.91. The molecule has 7 nitrogen and oxygen atoms in total. The minimum Gasteiger partial charge on any atom is -0.494 e. The van der Waals surface area contributed by atoms with E-state index in [2.05, 4.69) is 11.8 Å². The molecule has 3 aliphatic heterocycles. The van der Waals surface area contributed by atoms with Gasteiger partial charge in [-0.2, -0.15) is 0 Å². The molecule has 3 aliphatic rings. The zero-order valence-corrected chi connectivity index (χ0v) is 19.0. The van der Waals surface area contributed by atoms with Crippen LogP contribution in [0, 0.1) is 0 Å². The molecule has 2 aromatic carbocycles. The summed E-state index contributed by atoms with van der Waals surface area (Å²) < 4.78 is 11.2. The lowest BCUT2D eigenvalue weighted by Gasteiger charge is -2.35. The molecule has 0 radical (unpaired) electrons. The van der Waals surface area contributed by atoms with E-state index in [-0.39, 0.29) is 17.6 Å². The Morgan fingerprint density at radius 1 is 1.06 bits per heavy atom. The van der Waals surface area contributed by atoms with E-state index in [0.29, 0.717) is 32.2 Å². The first-order valence-electron chi connectivity index (χ1n) is 11.1. The Kier molecular flexibility index (Phi) is 5.84. The lowest BCUT2D eigenvalue weighted by atomic mass is 10.0. The number of anilines is 2. The largest absolute Gasteiger partial charge is 0.494 e. The third-order valence-corrected chi connectivity index (χ3v) is 7.46. The minimum absolute atomic E-state index is 0.0615. The number of fused-ring (bicyclic) bond motifs is 2. The maximum absolute atomic E-state index is 14.0.